The number of aliphatic hydroxyl groups is 1. The highest BCUT2D eigenvalue weighted by atomic mass is 16.6. The van der Waals surface area contributed by atoms with Crippen molar-refractivity contribution < 1.29 is 9.84 Å². The predicted molar refractivity (Wildman–Crippen MR) is 60.0 cm³/mol. The van der Waals surface area contributed by atoms with Gasteiger partial charge in [0.2, 0.25) is 5.79 Å². The molecule has 0 spiro atoms. The van der Waals surface area contributed by atoms with Crippen molar-refractivity contribution in [3.8, 4) is 5.75 Å². The molecule has 2 atom stereocenters. The summed E-state index contributed by atoms with van der Waals surface area (Å²) in [7, 11) is 0. The first-order valence-corrected chi connectivity index (χ1v) is 5.63. The summed E-state index contributed by atoms with van der Waals surface area (Å²) in [5, 5.41) is 10.00. The topological polar surface area (TPSA) is 29.5 Å². The van der Waals surface area contributed by atoms with Crippen LogP contribution < -0.4 is 4.74 Å². The second kappa shape index (κ2) is 3.86. The fourth-order valence-corrected chi connectivity index (χ4v) is 2.36. The first-order chi connectivity index (χ1) is 7.12. The van der Waals surface area contributed by atoms with E-state index < -0.39 is 5.79 Å². The summed E-state index contributed by atoms with van der Waals surface area (Å²) < 4.78 is 5.55. The van der Waals surface area contributed by atoms with Crippen LogP contribution in [-0.4, -0.2) is 10.9 Å². The standard InChI is InChI=1S/C13H18O2/c1-3-6-10-9-13(2,14)15-12-8-5-4-7-11(10)12/h4-5,7-8,10,14H,3,6,9H2,1-2H3. The highest BCUT2D eigenvalue weighted by molar-refractivity contribution is 5.38. The summed E-state index contributed by atoms with van der Waals surface area (Å²) in [5.41, 5.74) is 1.24. The Hall–Kier alpha value is -1.02. The minimum atomic E-state index is -1.01. The van der Waals surface area contributed by atoms with Crippen LogP contribution in [0, 0.1) is 0 Å². The Kier molecular flexibility index (Phi) is 2.70. The molecule has 2 heteroatoms. The minimum absolute atomic E-state index is 0.426. The molecule has 2 unspecified atom stereocenters. The molecule has 0 bridgehead atoms. The largest absolute Gasteiger partial charge is 0.463 e. The van der Waals surface area contributed by atoms with Crippen LogP contribution in [0.3, 0.4) is 0 Å². The zero-order chi connectivity index (χ0) is 10.9. The number of rotatable bonds is 2. The highest BCUT2D eigenvalue weighted by Crippen LogP contribution is 2.41. The lowest BCUT2D eigenvalue weighted by atomic mass is 9.85. The van der Waals surface area contributed by atoms with E-state index in [0.29, 0.717) is 12.3 Å². The van der Waals surface area contributed by atoms with Crippen LogP contribution in [0.5, 0.6) is 5.75 Å². The summed E-state index contributed by atoms with van der Waals surface area (Å²) in [4.78, 5) is 0. The maximum atomic E-state index is 10.00. The molecule has 0 aromatic heterocycles. The lowest BCUT2D eigenvalue weighted by Crippen LogP contribution is -2.37. The molecular weight excluding hydrogens is 188 g/mol. The van der Waals surface area contributed by atoms with Gasteiger partial charge in [-0.2, -0.15) is 0 Å². The van der Waals surface area contributed by atoms with E-state index in [1.807, 2.05) is 18.2 Å². The molecule has 0 saturated heterocycles. The van der Waals surface area contributed by atoms with E-state index in [2.05, 4.69) is 13.0 Å². The van der Waals surface area contributed by atoms with E-state index in [9.17, 15) is 5.11 Å². The van der Waals surface area contributed by atoms with Crippen molar-refractivity contribution in [3.05, 3.63) is 29.8 Å². The normalized spacial score (nSPS) is 29.4. The molecule has 2 rings (SSSR count). The van der Waals surface area contributed by atoms with Crippen molar-refractivity contribution in [1.82, 2.24) is 0 Å². The summed E-state index contributed by atoms with van der Waals surface area (Å²) in [6.45, 7) is 3.92. The molecule has 0 amide bonds. The summed E-state index contributed by atoms with van der Waals surface area (Å²) in [6.07, 6.45) is 2.93. The average Bonchev–Trinajstić information content (AvgIpc) is 2.16. The molecule has 1 aliphatic rings. The van der Waals surface area contributed by atoms with Gasteiger partial charge in [0.15, 0.2) is 0 Å². The Balaban J connectivity index is 2.34. The summed E-state index contributed by atoms with van der Waals surface area (Å²) in [6, 6.07) is 8.02. The average molecular weight is 206 g/mol. The summed E-state index contributed by atoms with van der Waals surface area (Å²) >= 11 is 0. The maximum Gasteiger partial charge on any atom is 0.205 e. The van der Waals surface area contributed by atoms with Crippen LogP contribution in [0.25, 0.3) is 0 Å². The van der Waals surface area contributed by atoms with Gasteiger partial charge in [0, 0.05) is 13.3 Å². The monoisotopic (exact) mass is 206 g/mol. The molecule has 15 heavy (non-hydrogen) atoms. The van der Waals surface area contributed by atoms with Crippen LogP contribution in [-0.2, 0) is 0 Å². The molecule has 0 fully saturated rings. The Morgan fingerprint density at radius 1 is 1.47 bits per heavy atom. The molecule has 0 saturated carbocycles. The van der Waals surface area contributed by atoms with Crippen LogP contribution in [0.4, 0.5) is 0 Å². The highest BCUT2D eigenvalue weighted by Gasteiger charge is 2.34. The Labute approximate surface area is 90.9 Å². The van der Waals surface area contributed by atoms with Gasteiger partial charge in [0.25, 0.3) is 0 Å². The molecule has 1 N–H and O–H groups in total. The first-order valence-electron chi connectivity index (χ1n) is 5.63. The third kappa shape index (κ3) is 2.15. The van der Waals surface area contributed by atoms with Crippen LogP contribution >= 0.6 is 0 Å². The van der Waals surface area contributed by atoms with Crippen LogP contribution in [0.15, 0.2) is 24.3 Å². The fraction of sp³-hybridized carbons (Fsp3) is 0.538. The van der Waals surface area contributed by atoms with Crippen molar-refractivity contribution in [3.63, 3.8) is 0 Å². The van der Waals surface area contributed by atoms with Gasteiger partial charge in [-0.05, 0) is 24.0 Å². The zero-order valence-electron chi connectivity index (χ0n) is 9.36. The second-order valence-corrected chi connectivity index (χ2v) is 4.50. The van der Waals surface area contributed by atoms with Crippen molar-refractivity contribution >= 4 is 0 Å². The molecule has 82 valence electrons. The van der Waals surface area contributed by atoms with Crippen molar-refractivity contribution in [2.75, 3.05) is 0 Å². The molecule has 1 aliphatic heterocycles. The van der Waals surface area contributed by atoms with Gasteiger partial charge in [-0.1, -0.05) is 31.5 Å². The molecule has 1 heterocycles. The second-order valence-electron chi connectivity index (χ2n) is 4.50. The van der Waals surface area contributed by atoms with Gasteiger partial charge >= 0.3 is 0 Å². The Bertz CT molecular complexity index is 344. The number of fused-ring (bicyclic) bond motifs is 1. The van der Waals surface area contributed by atoms with Crippen molar-refractivity contribution in [1.29, 1.82) is 0 Å². The third-order valence-corrected chi connectivity index (χ3v) is 2.95. The smallest absolute Gasteiger partial charge is 0.205 e. The number of hydrogen-bond acceptors (Lipinski definition) is 2. The lowest BCUT2D eigenvalue weighted by Gasteiger charge is -2.36. The van der Waals surface area contributed by atoms with Gasteiger partial charge in [0.1, 0.15) is 5.75 Å². The molecule has 0 radical (unpaired) electrons. The zero-order valence-corrected chi connectivity index (χ0v) is 9.36. The van der Waals surface area contributed by atoms with E-state index in [4.69, 9.17) is 4.74 Å². The molecule has 2 nitrogen and oxygen atoms in total. The van der Waals surface area contributed by atoms with Gasteiger partial charge in [0.05, 0.1) is 0 Å². The maximum absolute atomic E-state index is 10.00. The Morgan fingerprint density at radius 3 is 2.93 bits per heavy atom. The summed E-state index contributed by atoms with van der Waals surface area (Å²) in [5.74, 6) is 0.260. The molecule has 1 aromatic rings. The quantitative estimate of drug-likeness (QED) is 0.805. The minimum Gasteiger partial charge on any atom is -0.463 e. The predicted octanol–water partition coefficient (Wildman–Crippen LogP) is 3.06. The van der Waals surface area contributed by atoms with E-state index in [1.54, 1.807) is 6.92 Å². The fourth-order valence-electron chi connectivity index (χ4n) is 2.36. The number of para-hydroxylation sites is 1. The van der Waals surface area contributed by atoms with E-state index in [1.165, 1.54) is 5.56 Å². The van der Waals surface area contributed by atoms with E-state index >= 15 is 0 Å². The van der Waals surface area contributed by atoms with Crippen molar-refractivity contribution in [2.45, 2.75) is 44.8 Å². The van der Waals surface area contributed by atoms with Crippen molar-refractivity contribution in [2.24, 2.45) is 0 Å². The lowest BCUT2D eigenvalue weighted by molar-refractivity contribution is -0.140. The van der Waals surface area contributed by atoms with E-state index in [-0.39, 0.29) is 0 Å². The van der Waals surface area contributed by atoms with Gasteiger partial charge in [-0.25, -0.2) is 0 Å². The van der Waals surface area contributed by atoms with Gasteiger partial charge < -0.3 is 9.84 Å². The molecule has 0 aliphatic carbocycles. The van der Waals surface area contributed by atoms with Crippen LogP contribution in [0.2, 0.25) is 0 Å². The van der Waals surface area contributed by atoms with E-state index in [0.717, 1.165) is 18.6 Å². The van der Waals surface area contributed by atoms with Gasteiger partial charge in [-0.15, -0.1) is 0 Å². The first kappa shape index (κ1) is 10.5. The molecular formula is C13H18O2. The molecule has 1 aromatic carbocycles. The number of hydrogen-bond donors (Lipinski definition) is 1. The van der Waals surface area contributed by atoms with Gasteiger partial charge in [-0.3, -0.25) is 0 Å². The third-order valence-electron chi connectivity index (χ3n) is 2.95. The number of benzene rings is 1. The number of ether oxygens (including phenoxy) is 1. The van der Waals surface area contributed by atoms with Crippen LogP contribution in [0.1, 0.15) is 44.6 Å². The Morgan fingerprint density at radius 2 is 2.20 bits per heavy atom. The SMILES string of the molecule is CCCC1CC(C)(O)Oc2ccccc21.